The highest BCUT2D eigenvalue weighted by molar-refractivity contribution is 7.15. The van der Waals surface area contributed by atoms with Crippen LogP contribution < -0.4 is 10.1 Å². The van der Waals surface area contributed by atoms with Gasteiger partial charge in [0.25, 0.3) is 0 Å². The number of halogens is 1. The number of nitrogens with zero attached hydrogens (tertiary/aromatic N) is 3. The Hall–Kier alpha value is -2.22. The summed E-state index contributed by atoms with van der Waals surface area (Å²) in [6, 6.07) is 4.32. The maximum absolute atomic E-state index is 13.7. The van der Waals surface area contributed by atoms with Gasteiger partial charge in [-0.2, -0.15) is 0 Å². The SMILES string of the molecule is COc1ccc(CN(C)C(=O)Nc2nnc(C3CC3)s2)cc1F. The van der Waals surface area contributed by atoms with Crippen molar-refractivity contribution in [1.29, 1.82) is 0 Å². The lowest BCUT2D eigenvalue weighted by molar-refractivity contribution is 0.220. The van der Waals surface area contributed by atoms with Crippen molar-refractivity contribution < 1.29 is 13.9 Å². The minimum absolute atomic E-state index is 0.183. The van der Waals surface area contributed by atoms with Crippen LogP contribution in [0, 0.1) is 5.82 Å². The maximum Gasteiger partial charge on any atom is 0.323 e. The van der Waals surface area contributed by atoms with Crippen LogP contribution in [-0.4, -0.2) is 35.3 Å². The van der Waals surface area contributed by atoms with E-state index in [1.54, 1.807) is 19.2 Å². The monoisotopic (exact) mass is 336 g/mol. The van der Waals surface area contributed by atoms with E-state index in [-0.39, 0.29) is 18.3 Å². The second-order valence-corrected chi connectivity index (χ2v) is 6.48. The number of hydrogen-bond acceptors (Lipinski definition) is 5. The fraction of sp³-hybridized carbons (Fsp3) is 0.400. The predicted molar refractivity (Wildman–Crippen MR) is 85.3 cm³/mol. The van der Waals surface area contributed by atoms with E-state index in [0.717, 1.165) is 17.8 Å². The predicted octanol–water partition coefficient (Wildman–Crippen LogP) is 3.23. The van der Waals surface area contributed by atoms with E-state index < -0.39 is 5.82 Å². The first-order chi connectivity index (χ1) is 11.1. The molecule has 122 valence electrons. The summed E-state index contributed by atoms with van der Waals surface area (Å²) in [7, 11) is 3.05. The van der Waals surface area contributed by atoms with E-state index in [0.29, 0.717) is 16.6 Å². The smallest absolute Gasteiger partial charge is 0.323 e. The minimum atomic E-state index is -0.447. The maximum atomic E-state index is 13.7. The molecule has 1 aromatic carbocycles. The van der Waals surface area contributed by atoms with Crippen LogP contribution in [0.2, 0.25) is 0 Å². The van der Waals surface area contributed by atoms with Crippen LogP contribution in [0.5, 0.6) is 5.75 Å². The zero-order chi connectivity index (χ0) is 16.4. The first-order valence-electron chi connectivity index (χ1n) is 7.24. The fourth-order valence-electron chi connectivity index (χ4n) is 2.12. The zero-order valence-corrected chi connectivity index (χ0v) is 13.7. The number of methoxy groups -OCH3 is 1. The minimum Gasteiger partial charge on any atom is -0.494 e. The third-order valence-corrected chi connectivity index (χ3v) is 4.56. The summed E-state index contributed by atoms with van der Waals surface area (Å²) in [4.78, 5) is 13.6. The van der Waals surface area contributed by atoms with Crippen molar-refractivity contribution in [3.63, 3.8) is 0 Å². The summed E-state index contributed by atoms with van der Waals surface area (Å²) in [5.74, 6) is 0.248. The molecule has 2 amide bonds. The fourth-order valence-corrected chi connectivity index (χ4v) is 3.02. The number of carbonyl (C=O) groups excluding carboxylic acids is 1. The standard InChI is InChI=1S/C15H17FN4O2S/c1-20(8-9-3-6-12(22-2)11(16)7-9)15(21)17-14-19-18-13(23-14)10-4-5-10/h3,6-7,10H,4-5,8H2,1-2H3,(H,17,19,21). The van der Waals surface area contributed by atoms with E-state index in [1.807, 2.05) is 0 Å². The molecule has 1 aromatic heterocycles. The Morgan fingerprint density at radius 3 is 2.91 bits per heavy atom. The average molecular weight is 336 g/mol. The number of rotatable bonds is 5. The van der Waals surface area contributed by atoms with Gasteiger partial charge in [-0.25, -0.2) is 9.18 Å². The molecule has 2 aromatic rings. The third-order valence-electron chi connectivity index (χ3n) is 3.56. The second kappa shape index (κ2) is 6.49. The van der Waals surface area contributed by atoms with Crippen molar-refractivity contribution in [3.05, 3.63) is 34.6 Å². The van der Waals surface area contributed by atoms with Crippen molar-refractivity contribution in [3.8, 4) is 5.75 Å². The Bertz CT molecular complexity index is 717. The Balaban J connectivity index is 1.59. The van der Waals surface area contributed by atoms with E-state index in [4.69, 9.17) is 4.74 Å². The molecule has 1 N–H and O–H groups in total. The molecule has 23 heavy (non-hydrogen) atoms. The van der Waals surface area contributed by atoms with Crippen molar-refractivity contribution in [1.82, 2.24) is 15.1 Å². The lowest BCUT2D eigenvalue weighted by atomic mass is 10.2. The number of amides is 2. The van der Waals surface area contributed by atoms with E-state index in [9.17, 15) is 9.18 Å². The first kappa shape index (κ1) is 15.7. The molecule has 0 bridgehead atoms. The quantitative estimate of drug-likeness (QED) is 0.910. The van der Waals surface area contributed by atoms with Crippen LogP contribution in [0.3, 0.4) is 0 Å². The van der Waals surface area contributed by atoms with Crippen LogP contribution in [0.4, 0.5) is 14.3 Å². The first-order valence-corrected chi connectivity index (χ1v) is 8.06. The number of carbonyl (C=O) groups is 1. The Morgan fingerprint density at radius 1 is 1.48 bits per heavy atom. The highest BCUT2D eigenvalue weighted by atomic mass is 32.1. The van der Waals surface area contributed by atoms with Crippen LogP contribution in [0.15, 0.2) is 18.2 Å². The molecule has 0 atom stereocenters. The molecule has 1 saturated carbocycles. The van der Waals surface area contributed by atoms with E-state index in [1.165, 1.54) is 29.4 Å². The largest absolute Gasteiger partial charge is 0.494 e. The van der Waals surface area contributed by atoms with Gasteiger partial charge in [-0.3, -0.25) is 5.32 Å². The molecule has 6 nitrogen and oxygen atoms in total. The van der Waals surface area contributed by atoms with Crippen molar-refractivity contribution in [2.24, 2.45) is 0 Å². The van der Waals surface area contributed by atoms with Gasteiger partial charge in [0, 0.05) is 19.5 Å². The van der Waals surface area contributed by atoms with Gasteiger partial charge in [0.15, 0.2) is 11.6 Å². The molecule has 3 rings (SSSR count). The van der Waals surface area contributed by atoms with Crippen molar-refractivity contribution in [2.75, 3.05) is 19.5 Å². The van der Waals surface area contributed by atoms with E-state index in [2.05, 4.69) is 15.5 Å². The number of ether oxygens (including phenoxy) is 1. The highest BCUT2D eigenvalue weighted by Gasteiger charge is 2.27. The Kier molecular flexibility index (Phi) is 4.42. The number of nitrogens with one attached hydrogen (secondary N) is 1. The van der Waals surface area contributed by atoms with Gasteiger partial charge in [0.2, 0.25) is 5.13 Å². The number of benzene rings is 1. The van der Waals surface area contributed by atoms with Gasteiger partial charge in [0.1, 0.15) is 5.01 Å². The molecule has 1 aliphatic carbocycles. The van der Waals surface area contributed by atoms with Crippen LogP contribution >= 0.6 is 11.3 Å². The summed E-state index contributed by atoms with van der Waals surface area (Å²) >= 11 is 1.41. The lowest BCUT2D eigenvalue weighted by Gasteiger charge is -2.17. The van der Waals surface area contributed by atoms with Gasteiger partial charge in [-0.15, -0.1) is 10.2 Å². The van der Waals surface area contributed by atoms with E-state index >= 15 is 0 Å². The van der Waals surface area contributed by atoms with Gasteiger partial charge >= 0.3 is 6.03 Å². The summed E-state index contributed by atoms with van der Waals surface area (Å²) in [5, 5.41) is 12.2. The molecular formula is C15H17FN4O2S. The van der Waals surface area contributed by atoms with Crippen molar-refractivity contribution in [2.45, 2.75) is 25.3 Å². The third kappa shape index (κ3) is 3.76. The topological polar surface area (TPSA) is 67.3 Å². The second-order valence-electron chi connectivity index (χ2n) is 5.47. The highest BCUT2D eigenvalue weighted by Crippen LogP contribution is 2.42. The van der Waals surface area contributed by atoms with Gasteiger partial charge < -0.3 is 9.64 Å². The number of anilines is 1. The van der Waals surface area contributed by atoms with Crippen LogP contribution in [-0.2, 0) is 6.54 Å². The summed E-state index contributed by atoms with van der Waals surface area (Å²) in [5.41, 5.74) is 0.678. The molecule has 0 spiro atoms. The van der Waals surface area contributed by atoms with Gasteiger partial charge in [-0.1, -0.05) is 17.4 Å². The summed E-state index contributed by atoms with van der Waals surface area (Å²) in [6.45, 7) is 0.279. The zero-order valence-electron chi connectivity index (χ0n) is 12.9. The summed E-state index contributed by atoms with van der Waals surface area (Å²) in [6.07, 6.45) is 2.29. The molecule has 0 aliphatic heterocycles. The van der Waals surface area contributed by atoms with Crippen molar-refractivity contribution >= 4 is 22.5 Å². The number of urea groups is 1. The molecule has 0 radical (unpaired) electrons. The molecule has 1 aliphatic rings. The molecule has 8 heteroatoms. The average Bonchev–Trinajstić information content (AvgIpc) is 3.27. The molecule has 1 heterocycles. The molecule has 0 unspecified atom stereocenters. The molecule has 0 saturated heterocycles. The Morgan fingerprint density at radius 2 is 2.26 bits per heavy atom. The molecular weight excluding hydrogens is 319 g/mol. The van der Waals surface area contributed by atoms with Crippen LogP contribution in [0.1, 0.15) is 29.3 Å². The number of hydrogen-bond donors (Lipinski definition) is 1. The van der Waals surface area contributed by atoms with Gasteiger partial charge in [-0.05, 0) is 30.5 Å². The Labute approximate surface area is 137 Å². The lowest BCUT2D eigenvalue weighted by Crippen LogP contribution is -2.30. The summed E-state index contributed by atoms with van der Waals surface area (Å²) < 4.78 is 18.5. The number of aromatic nitrogens is 2. The molecule has 1 fully saturated rings. The van der Waals surface area contributed by atoms with Gasteiger partial charge in [0.05, 0.1) is 7.11 Å². The van der Waals surface area contributed by atoms with Crippen LogP contribution in [0.25, 0.3) is 0 Å². The normalized spacial score (nSPS) is 13.7.